The maximum absolute atomic E-state index is 12.5. The lowest BCUT2D eigenvalue weighted by atomic mass is 10.2. The molecule has 0 spiro atoms. The lowest BCUT2D eigenvalue weighted by molar-refractivity contribution is 0.00244. The minimum absolute atomic E-state index is 0.0879. The molecule has 178 valence electrons. The standard InChI is InChI=1S/C21H28N6O6/c1-15(28)18-12-16-11-17(13-22-20(16)24-18)23-21(29)19-14-27(26-25-19)3-4-31-7-8-33-10-9-32-6-5-30-2/h11-14H,3-10H2,1-2H3,(H,22,24)(H,23,29). The minimum atomic E-state index is -0.410. The van der Waals surface area contributed by atoms with Crippen molar-refractivity contribution in [2.24, 2.45) is 0 Å². The van der Waals surface area contributed by atoms with Crippen molar-refractivity contribution >= 4 is 28.4 Å². The Morgan fingerprint density at radius 2 is 1.73 bits per heavy atom. The van der Waals surface area contributed by atoms with Gasteiger partial charge in [-0.1, -0.05) is 5.21 Å². The number of anilines is 1. The van der Waals surface area contributed by atoms with Crippen molar-refractivity contribution in [3.8, 4) is 0 Å². The van der Waals surface area contributed by atoms with Crippen LogP contribution in [0.4, 0.5) is 5.69 Å². The van der Waals surface area contributed by atoms with Gasteiger partial charge in [0.25, 0.3) is 5.91 Å². The summed E-state index contributed by atoms with van der Waals surface area (Å²) in [5, 5.41) is 11.3. The molecule has 0 aliphatic heterocycles. The van der Waals surface area contributed by atoms with Gasteiger partial charge in [-0.25, -0.2) is 9.67 Å². The molecule has 3 aromatic heterocycles. The lowest BCUT2D eigenvalue weighted by Gasteiger charge is -2.06. The third kappa shape index (κ3) is 7.71. The van der Waals surface area contributed by atoms with Crippen molar-refractivity contribution in [3.05, 3.63) is 35.9 Å². The monoisotopic (exact) mass is 460 g/mol. The molecule has 0 radical (unpaired) electrons. The van der Waals surface area contributed by atoms with Crippen LogP contribution in [0, 0.1) is 0 Å². The number of methoxy groups -OCH3 is 1. The Morgan fingerprint density at radius 3 is 2.42 bits per heavy atom. The quantitative estimate of drug-likeness (QED) is 0.253. The van der Waals surface area contributed by atoms with Crippen LogP contribution in [-0.2, 0) is 25.5 Å². The van der Waals surface area contributed by atoms with Crippen molar-refractivity contribution in [1.82, 2.24) is 25.0 Å². The van der Waals surface area contributed by atoms with Crippen molar-refractivity contribution in [1.29, 1.82) is 0 Å². The molecule has 0 bridgehead atoms. The van der Waals surface area contributed by atoms with E-state index in [2.05, 4.69) is 25.6 Å². The zero-order chi connectivity index (χ0) is 23.5. The van der Waals surface area contributed by atoms with Gasteiger partial charge in [0.05, 0.1) is 76.6 Å². The van der Waals surface area contributed by atoms with Crippen LogP contribution in [0.3, 0.4) is 0 Å². The van der Waals surface area contributed by atoms with Gasteiger partial charge >= 0.3 is 0 Å². The molecule has 0 saturated heterocycles. The van der Waals surface area contributed by atoms with Gasteiger partial charge in [-0.05, 0) is 12.1 Å². The topological polar surface area (TPSA) is 142 Å². The highest BCUT2D eigenvalue weighted by Crippen LogP contribution is 2.18. The number of carbonyl (C=O) groups is 2. The Balaban J connectivity index is 1.35. The van der Waals surface area contributed by atoms with Crippen molar-refractivity contribution in [3.63, 3.8) is 0 Å². The summed E-state index contributed by atoms with van der Waals surface area (Å²) in [6.07, 6.45) is 3.05. The molecule has 1 amide bonds. The molecular formula is C21H28N6O6. The largest absolute Gasteiger partial charge is 0.382 e. The number of amides is 1. The van der Waals surface area contributed by atoms with Gasteiger partial charge in [0, 0.05) is 19.4 Å². The number of H-pyrrole nitrogens is 1. The second kappa shape index (κ2) is 12.7. The SMILES string of the molecule is COCCOCCOCCOCCn1cc(C(=O)Nc2cnc3[nH]c(C(C)=O)cc3c2)nn1. The van der Waals surface area contributed by atoms with Crippen molar-refractivity contribution in [2.75, 3.05) is 58.7 Å². The molecule has 0 aliphatic carbocycles. The minimum Gasteiger partial charge on any atom is -0.382 e. The molecule has 3 aromatic rings. The zero-order valence-corrected chi connectivity index (χ0v) is 18.7. The van der Waals surface area contributed by atoms with Gasteiger partial charge in [-0.3, -0.25) is 9.59 Å². The van der Waals surface area contributed by atoms with E-state index in [1.165, 1.54) is 17.8 Å². The second-order valence-electron chi connectivity index (χ2n) is 7.05. The zero-order valence-electron chi connectivity index (χ0n) is 18.7. The Morgan fingerprint density at radius 1 is 1.03 bits per heavy atom. The second-order valence-corrected chi connectivity index (χ2v) is 7.05. The maximum atomic E-state index is 12.5. The molecule has 0 atom stereocenters. The average Bonchev–Trinajstić information content (AvgIpc) is 3.44. The number of ketones is 1. The molecule has 12 heteroatoms. The number of ether oxygens (including phenoxy) is 4. The number of nitrogens with zero attached hydrogens (tertiary/aromatic N) is 4. The molecule has 0 unspecified atom stereocenters. The summed E-state index contributed by atoms with van der Waals surface area (Å²) in [5.41, 5.74) is 1.70. The number of hydrogen-bond donors (Lipinski definition) is 2. The smallest absolute Gasteiger partial charge is 0.277 e. The molecule has 3 heterocycles. The molecule has 12 nitrogen and oxygen atoms in total. The predicted octanol–water partition coefficient (Wildman–Crippen LogP) is 1.31. The summed E-state index contributed by atoms with van der Waals surface area (Å²) in [6, 6.07) is 3.42. The Bertz CT molecular complexity index is 1050. The average molecular weight is 460 g/mol. The number of pyridine rings is 1. The molecule has 0 aromatic carbocycles. The van der Waals surface area contributed by atoms with E-state index in [4.69, 9.17) is 18.9 Å². The number of Topliss-reactive ketones (excluding diaryl/α,β-unsaturated/α-hetero) is 1. The van der Waals surface area contributed by atoms with Gasteiger partial charge in [-0.2, -0.15) is 0 Å². The van der Waals surface area contributed by atoms with Crippen LogP contribution < -0.4 is 5.32 Å². The predicted molar refractivity (Wildman–Crippen MR) is 118 cm³/mol. The first-order valence-electron chi connectivity index (χ1n) is 10.5. The summed E-state index contributed by atoms with van der Waals surface area (Å²) in [4.78, 5) is 31.1. The van der Waals surface area contributed by atoms with E-state index in [1.807, 2.05) is 0 Å². The van der Waals surface area contributed by atoms with Crippen LogP contribution in [0.2, 0.25) is 0 Å². The van der Waals surface area contributed by atoms with Crippen LogP contribution >= 0.6 is 0 Å². The summed E-state index contributed by atoms with van der Waals surface area (Å²) in [6.45, 7) is 5.37. The van der Waals surface area contributed by atoms with Crippen molar-refractivity contribution in [2.45, 2.75) is 13.5 Å². The fourth-order valence-electron chi connectivity index (χ4n) is 2.82. The Labute approximate surface area is 190 Å². The molecule has 0 aliphatic rings. The van der Waals surface area contributed by atoms with Gasteiger partial charge in [0.15, 0.2) is 11.5 Å². The fourth-order valence-corrected chi connectivity index (χ4v) is 2.82. The van der Waals surface area contributed by atoms with Gasteiger partial charge in [-0.15, -0.1) is 5.10 Å². The van der Waals surface area contributed by atoms with E-state index in [-0.39, 0.29) is 11.5 Å². The number of aromatic amines is 1. The van der Waals surface area contributed by atoms with Gasteiger partial charge in [0.2, 0.25) is 0 Å². The van der Waals surface area contributed by atoms with Crippen LogP contribution in [0.25, 0.3) is 11.0 Å². The number of hydrogen-bond acceptors (Lipinski definition) is 9. The van der Waals surface area contributed by atoms with E-state index >= 15 is 0 Å². The molecule has 33 heavy (non-hydrogen) atoms. The number of nitrogens with one attached hydrogen (secondary N) is 2. The fraction of sp³-hybridized carbons (Fsp3) is 0.476. The Hall–Kier alpha value is -3.19. The van der Waals surface area contributed by atoms with Crippen LogP contribution in [0.1, 0.15) is 27.9 Å². The summed E-state index contributed by atoms with van der Waals surface area (Å²) in [5.74, 6) is -0.498. The van der Waals surface area contributed by atoms with Gasteiger partial charge < -0.3 is 29.2 Å². The molecule has 2 N–H and O–H groups in total. The third-order valence-electron chi connectivity index (χ3n) is 4.52. The molecule has 0 saturated carbocycles. The van der Waals surface area contributed by atoms with E-state index < -0.39 is 5.91 Å². The number of fused-ring (bicyclic) bond motifs is 1. The molecule has 3 rings (SSSR count). The summed E-state index contributed by atoms with van der Waals surface area (Å²) in [7, 11) is 1.63. The van der Waals surface area contributed by atoms with Crippen LogP contribution in [-0.4, -0.2) is 90.0 Å². The molecule has 0 fully saturated rings. The first-order valence-corrected chi connectivity index (χ1v) is 10.5. The Kier molecular flexibility index (Phi) is 9.44. The number of rotatable bonds is 15. The van der Waals surface area contributed by atoms with E-state index in [1.54, 1.807) is 25.4 Å². The lowest BCUT2D eigenvalue weighted by Crippen LogP contribution is -2.13. The van der Waals surface area contributed by atoms with E-state index in [9.17, 15) is 9.59 Å². The normalized spacial score (nSPS) is 11.2. The maximum Gasteiger partial charge on any atom is 0.277 e. The van der Waals surface area contributed by atoms with Crippen molar-refractivity contribution < 1.29 is 28.5 Å². The van der Waals surface area contributed by atoms with Crippen LogP contribution in [0.15, 0.2) is 24.5 Å². The first kappa shape index (κ1) is 24.5. The summed E-state index contributed by atoms with van der Waals surface area (Å²) >= 11 is 0. The highest BCUT2D eigenvalue weighted by Gasteiger charge is 2.13. The summed E-state index contributed by atoms with van der Waals surface area (Å²) < 4.78 is 22.6. The van der Waals surface area contributed by atoms with E-state index in [0.717, 1.165) is 5.39 Å². The third-order valence-corrected chi connectivity index (χ3v) is 4.52. The first-order chi connectivity index (χ1) is 16.1. The van der Waals surface area contributed by atoms with E-state index in [0.29, 0.717) is 69.8 Å². The number of carbonyl (C=O) groups excluding carboxylic acids is 2. The number of aromatic nitrogens is 5. The molecular weight excluding hydrogens is 432 g/mol. The highest BCUT2D eigenvalue weighted by atomic mass is 16.6. The van der Waals surface area contributed by atoms with Gasteiger partial charge in [0.1, 0.15) is 5.65 Å². The van der Waals surface area contributed by atoms with Crippen LogP contribution in [0.5, 0.6) is 0 Å². The highest BCUT2D eigenvalue weighted by molar-refractivity contribution is 6.03.